The summed E-state index contributed by atoms with van der Waals surface area (Å²) in [4.78, 5) is 14.7. The summed E-state index contributed by atoms with van der Waals surface area (Å²) in [6.07, 6.45) is 3.36. The number of hydrogen-bond acceptors (Lipinski definition) is 5. The van der Waals surface area contributed by atoms with Crippen molar-refractivity contribution in [3.05, 3.63) is 47.4 Å². The van der Waals surface area contributed by atoms with Crippen LogP contribution in [0.4, 0.5) is 0 Å². The molecule has 4 rings (SSSR count). The van der Waals surface area contributed by atoms with Gasteiger partial charge in [-0.05, 0) is 56.1 Å². The Hall–Kier alpha value is -2.47. The smallest absolute Gasteiger partial charge is 0.287 e. The van der Waals surface area contributed by atoms with Crippen LogP contribution in [0, 0.1) is 5.92 Å². The van der Waals surface area contributed by atoms with Gasteiger partial charge in [-0.1, -0.05) is 6.07 Å². The third kappa shape index (κ3) is 4.27. The molecule has 1 N–H and O–H groups in total. The van der Waals surface area contributed by atoms with Crippen LogP contribution in [0.25, 0.3) is 0 Å². The van der Waals surface area contributed by atoms with Gasteiger partial charge in [0.2, 0.25) is 0 Å². The molecule has 1 aromatic carbocycles. The van der Waals surface area contributed by atoms with Crippen molar-refractivity contribution in [1.82, 2.24) is 10.2 Å². The first-order valence-electron chi connectivity index (χ1n) is 9.60. The fourth-order valence-corrected chi connectivity index (χ4v) is 3.74. The largest absolute Gasteiger partial charge is 0.497 e. The van der Waals surface area contributed by atoms with E-state index >= 15 is 0 Å². The highest BCUT2D eigenvalue weighted by Gasteiger charge is 2.22. The molecule has 1 aromatic heterocycles. The Bertz CT molecular complexity index is 795. The first kappa shape index (κ1) is 17.9. The molecule has 6 nitrogen and oxygen atoms in total. The van der Waals surface area contributed by atoms with E-state index in [0.29, 0.717) is 18.9 Å². The van der Waals surface area contributed by atoms with Crippen LogP contribution in [0.2, 0.25) is 0 Å². The molecule has 2 aliphatic rings. The molecule has 27 heavy (non-hydrogen) atoms. The number of ether oxygens (including phenoxy) is 2. The minimum atomic E-state index is -0.164. The van der Waals surface area contributed by atoms with Gasteiger partial charge < -0.3 is 19.2 Å². The Morgan fingerprint density at radius 2 is 2.11 bits per heavy atom. The van der Waals surface area contributed by atoms with Gasteiger partial charge >= 0.3 is 0 Å². The number of amides is 1. The summed E-state index contributed by atoms with van der Waals surface area (Å²) in [6.45, 7) is 4.14. The second-order valence-electron chi connectivity index (χ2n) is 7.31. The van der Waals surface area contributed by atoms with E-state index in [-0.39, 0.29) is 11.8 Å². The average molecular weight is 370 g/mol. The number of rotatable bonds is 6. The van der Waals surface area contributed by atoms with Crippen molar-refractivity contribution in [1.29, 1.82) is 0 Å². The SMILES string of the molecule is COc1ccc2c(c1)OC[C@@H](CNC(=O)c1ccc(CN3CCCC3)o1)C2. The lowest BCUT2D eigenvalue weighted by Gasteiger charge is -2.25. The molecule has 0 spiro atoms. The molecular weight excluding hydrogens is 344 g/mol. The average Bonchev–Trinajstić information content (AvgIpc) is 3.38. The molecule has 144 valence electrons. The molecule has 1 amide bonds. The Balaban J connectivity index is 1.28. The fourth-order valence-electron chi connectivity index (χ4n) is 3.74. The summed E-state index contributed by atoms with van der Waals surface area (Å²) >= 11 is 0. The van der Waals surface area contributed by atoms with Crippen molar-refractivity contribution in [2.24, 2.45) is 5.92 Å². The zero-order valence-electron chi connectivity index (χ0n) is 15.7. The zero-order chi connectivity index (χ0) is 18.6. The highest BCUT2D eigenvalue weighted by molar-refractivity contribution is 5.91. The molecule has 1 fully saturated rings. The Labute approximate surface area is 159 Å². The molecule has 0 aliphatic carbocycles. The van der Waals surface area contributed by atoms with Crippen molar-refractivity contribution >= 4 is 5.91 Å². The summed E-state index contributed by atoms with van der Waals surface area (Å²) < 4.78 is 16.8. The Morgan fingerprint density at radius 3 is 2.93 bits per heavy atom. The minimum Gasteiger partial charge on any atom is -0.497 e. The number of hydrogen-bond donors (Lipinski definition) is 1. The van der Waals surface area contributed by atoms with Gasteiger partial charge in [-0.15, -0.1) is 0 Å². The molecule has 1 saturated heterocycles. The van der Waals surface area contributed by atoms with Crippen molar-refractivity contribution in [3.63, 3.8) is 0 Å². The molecule has 2 aromatic rings. The minimum absolute atomic E-state index is 0.164. The van der Waals surface area contributed by atoms with Crippen molar-refractivity contribution in [2.75, 3.05) is 33.4 Å². The van der Waals surface area contributed by atoms with E-state index in [9.17, 15) is 4.79 Å². The Morgan fingerprint density at radius 1 is 1.26 bits per heavy atom. The van der Waals surface area contributed by atoms with Crippen molar-refractivity contribution in [3.8, 4) is 11.5 Å². The van der Waals surface area contributed by atoms with Gasteiger partial charge in [0.05, 0.1) is 20.3 Å². The van der Waals surface area contributed by atoms with E-state index in [0.717, 1.165) is 48.9 Å². The number of methoxy groups -OCH3 is 1. The second-order valence-corrected chi connectivity index (χ2v) is 7.31. The number of carbonyl (C=O) groups is 1. The molecular formula is C21H26N2O4. The van der Waals surface area contributed by atoms with Crippen LogP contribution in [0.3, 0.4) is 0 Å². The number of carbonyl (C=O) groups excluding carboxylic acids is 1. The fraction of sp³-hybridized carbons (Fsp3) is 0.476. The second kappa shape index (κ2) is 8.05. The highest BCUT2D eigenvalue weighted by atomic mass is 16.5. The number of nitrogens with one attached hydrogen (secondary N) is 1. The highest BCUT2D eigenvalue weighted by Crippen LogP contribution is 2.30. The van der Waals surface area contributed by atoms with Gasteiger partial charge in [-0.25, -0.2) is 0 Å². The van der Waals surface area contributed by atoms with Gasteiger partial charge in [0.15, 0.2) is 5.76 Å². The van der Waals surface area contributed by atoms with Crippen molar-refractivity contribution in [2.45, 2.75) is 25.8 Å². The summed E-state index contributed by atoms with van der Waals surface area (Å²) in [6, 6.07) is 9.54. The van der Waals surface area contributed by atoms with E-state index in [1.54, 1.807) is 13.2 Å². The van der Waals surface area contributed by atoms with E-state index in [2.05, 4.69) is 10.2 Å². The molecule has 3 heterocycles. The number of nitrogens with zero attached hydrogens (tertiary/aromatic N) is 1. The van der Waals surface area contributed by atoms with Crippen LogP contribution in [0.5, 0.6) is 11.5 Å². The van der Waals surface area contributed by atoms with E-state index in [1.165, 1.54) is 12.8 Å². The third-order valence-corrected chi connectivity index (χ3v) is 5.27. The lowest BCUT2D eigenvalue weighted by atomic mass is 9.96. The van der Waals surface area contributed by atoms with Crippen LogP contribution in [-0.4, -0.2) is 44.2 Å². The summed E-state index contributed by atoms with van der Waals surface area (Å²) in [5.41, 5.74) is 1.15. The van der Waals surface area contributed by atoms with Crippen LogP contribution < -0.4 is 14.8 Å². The maximum absolute atomic E-state index is 12.4. The quantitative estimate of drug-likeness (QED) is 0.847. The van der Waals surface area contributed by atoms with E-state index in [1.807, 2.05) is 24.3 Å². The maximum atomic E-state index is 12.4. The standard InChI is InChI=1S/C21H26N2O4/c1-25-17-5-4-16-10-15(14-26-20(16)11-17)12-22-21(24)19-7-6-18(27-19)13-23-8-2-3-9-23/h4-7,11,15H,2-3,8-10,12-14H2,1H3,(H,22,24)/t15-/m1/s1. The molecule has 0 radical (unpaired) electrons. The summed E-state index contributed by atoms with van der Waals surface area (Å²) in [7, 11) is 1.65. The molecule has 2 aliphatic heterocycles. The lowest BCUT2D eigenvalue weighted by molar-refractivity contribution is 0.0908. The lowest BCUT2D eigenvalue weighted by Crippen LogP contribution is -2.34. The zero-order valence-corrected chi connectivity index (χ0v) is 15.7. The van der Waals surface area contributed by atoms with Gasteiger partial charge in [0.1, 0.15) is 17.3 Å². The molecule has 6 heteroatoms. The number of fused-ring (bicyclic) bond motifs is 1. The molecule has 1 atom stereocenters. The van der Waals surface area contributed by atoms with Gasteiger partial charge in [-0.2, -0.15) is 0 Å². The van der Waals surface area contributed by atoms with E-state index < -0.39 is 0 Å². The van der Waals surface area contributed by atoms with Gasteiger partial charge in [0, 0.05) is 18.5 Å². The third-order valence-electron chi connectivity index (χ3n) is 5.27. The molecule has 0 unspecified atom stereocenters. The molecule has 0 bridgehead atoms. The van der Waals surface area contributed by atoms with Crippen LogP contribution in [-0.2, 0) is 13.0 Å². The van der Waals surface area contributed by atoms with Gasteiger partial charge in [-0.3, -0.25) is 9.69 Å². The van der Waals surface area contributed by atoms with Crippen LogP contribution >= 0.6 is 0 Å². The predicted octanol–water partition coefficient (Wildman–Crippen LogP) is 2.87. The normalized spacial score (nSPS) is 19.4. The Kier molecular flexibility index (Phi) is 5.34. The monoisotopic (exact) mass is 370 g/mol. The van der Waals surface area contributed by atoms with Crippen molar-refractivity contribution < 1.29 is 18.7 Å². The predicted molar refractivity (Wildman–Crippen MR) is 101 cm³/mol. The number of benzene rings is 1. The number of likely N-dealkylation sites (tertiary alicyclic amines) is 1. The van der Waals surface area contributed by atoms with Gasteiger partial charge in [0.25, 0.3) is 5.91 Å². The van der Waals surface area contributed by atoms with Crippen LogP contribution in [0.1, 0.15) is 34.7 Å². The topological polar surface area (TPSA) is 63.9 Å². The first-order valence-corrected chi connectivity index (χ1v) is 9.60. The van der Waals surface area contributed by atoms with Crippen LogP contribution in [0.15, 0.2) is 34.7 Å². The number of furan rings is 1. The summed E-state index contributed by atoms with van der Waals surface area (Å²) in [5, 5.41) is 2.98. The maximum Gasteiger partial charge on any atom is 0.287 e. The van der Waals surface area contributed by atoms with E-state index in [4.69, 9.17) is 13.9 Å². The summed E-state index contributed by atoms with van der Waals surface area (Å²) in [5.74, 6) is 2.98. The molecule has 0 saturated carbocycles. The first-order chi connectivity index (χ1) is 13.2.